The minimum Gasteiger partial charge on any atom is -0.350 e. The van der Waals surface area contributed by atoms with E-state index in [0.29, 0.717) is 6.04 Å². The molecular weight excluding hydrogens is 300 g/mol. The van der Waals surface area contributed by atoms with E-state index in [2.05, 4.69) is 31.3 Å². The van der Waals surface area contributed by atoms with Crippen molar-refractivity contribution in [3.8, 4) is 0 Å². The molecule has 90 valence electrons. The first-order valence-corrected chi connectivity index (χ1v) is 7.63. The molecule has 0 unspecified atom stereocenters. The van der Waals surface area contributed by atoms with Gasteiger partial charge in [0.1, 0.15) is 0 Å². The summed E-state index contributed by atoms with van der Waals surface area (Å²) in [7, 11) is 0. The first kappa shape index (κ1) is 11.3. The van der Waals surface area contributed by atoms with Crippen LogP contribution in [0.2, 0.25) is 0 Å². The molecule has 0 radical (unpaired) electrons. The third-order valence-corrected chi connectivity index (χ3v) is 4.54. The van der Waals surface area contributed by atoms with E-state index >= 15 is 0 Å². The summed E-state index contributed by atoms with van der Waals surface area (Å²) in [6.45, 7) is 0. The van der Waals surface area contributed by atoms with Gasteiger partial charge in [-0.15, -0.1) is 5.10 Å². The summed E-state index contributed by atoms with van der Waals surface area (Å²) < 4.78 is 2.77. The van der Waals surface area contributed by atoms with Crippen LogP contribution < -0.4 is 5.32 Å². The van der Waals surface area contributed by atoms with E-state index < -0.39 is 0 Å². The van der Waals surface area contributed by atoms with Crippen LogP contribution in [0.15, 0.2) is 22.8 Å². The Kier molecular flexibility index (Phi) is 3.24. The van der Waals surface area contributed by atoms with Crippen molar-refractivity contribution in [3.63, 3.8) is 0 Å². The van der Waals surface area contributed by atoms with Gasteiger partial charge in [0.2, 0.25) is 5.95 Å². The third kappa shape index (κ3) is 2.42. The zero-order valence-corrected chi connectivity index (χ0v) is 11.7. The van der Waals surface area contributed by atoms with Crippen molar-refractivity contribution >= 4 is 39.3 Å². The predicted molar refractivity (Wildman–Crippen MR) is 74.7 cm³/mol. The minimum absolute atomic E-state index is 0.521. The van der Waals surface area contributed by atoms with Crippen LogP contribution in [0.3, 0.4) is 0 Å². The van der Waals surface area contributed by atoms with Crippen LogP contribution >= 0.6 is 27.7 Å². The molecule has 2 aromatic heterocycles. The van der Waals surface area contributed by atoms with Gasteiger partial charge in [-0.1, -0.05) is 0 Å². The number of nitrogens with one attached hydrogen (secondary N) is 1. The van der Waals surface area contributed by atoms with Gasteiger partial charge < -0.3 is 5.32 Å². The Morgan fingerprint density at radius 1 is 1.41 bits per heavy atom. The quantitative estimate of drug-likeness (QED) is 0.926. The van der Waals surface area contributed by atoms with E-state index in [-0.39, 0.29) is 0 Å². The van der Waals surface area contributed by atoms with Crippen LogP contribution in [-0.4, -0.2) is 32.1 Å². The van der Waals surface area contributed by atoms with Crippen LogP contribution in [0.25, 0.3) is 5.65 Å². The fourth-order valence-corrected chi connectivity index (χ4v) is 3.49. The lowest BCUT2D eigenvalue weighted by atomic mass is 10.2. The van der Waals surface area contributed by atoms with E-state index in [9.17, 15) is 0 Å². The number of anilines is 1. The maximum absolute atomic E-state index is 4.49. The highest BCUT2D eigenvalue weighted by atomic mass is 79.9. The molecule has 0 spiro atoms. The number of halogens is 1. The molecular formula is C11H13BrN4S. The molecule has 0 aliphatic carbocycles. The second kappa shape index (κ2) is 4.86. The zero-order chi connectivity index (χ0) is 11.7. The van der Waals surface area contributed by atoms with E-state index in [1.807, 2.05) is 30.1 Å². The summed E-state index contributed by atoms with van der Waals surface area (Å²) >= 11 is 5.50. The lowest BCUT2D eigenvalue weighted by Crippen LogP contribution is -2.25. The topological polar surface area (TPSA) is 42.2 Å². The molecule has 0 saturated carbocycles. The van der Waals surface area contributed by atoms with Gasteiger partial charge in [-0.25, -0.2) is 4.52 Å². The SMILES string of the molecule is Brc1cccn2nc(NC3CCSCC3)nc12. The number of fused-ring (bicyclic) bond motifs is 1. The molecule has 6 heteroatoms. The van der Waals surface area contributed by atoms with Gasteiger partial charge in [0.15, 0.2) is 5.65 Å². The number of hydrogen-bond acceptors (Lipinski definition) is 4. The second-order valence-electron chi connectivity index (χ2n) is 4.09. The standard InChI is InChI=1S/C11H13BrN4S/c12-9-2-1-5-16-10(9)14-11(15-16)13-8-3-6-17-7-4-8/h1-2,5,8H,3-4,6-7H2,(H,13,15). The summed E-state index contributed by atoms with van der Waals surface area (Å²) in [4.78, 5) is 4.49. The second-order valence-corrected chi connectivity index (χ2v) is 6.17. The Labute approximate surface area is 112 Å². The van der Waals surface area contributed by atoms with Crippen molar-refractivity contribution in [2.45, 2.75) is 18.9 Å². The Hall–Kier alpha value is -0.750. The number of nitrogens with zero attached hydrogens (tertiary/aromatic N) is 3. The van der Waals surface area contributed by atoms with Crippen molar-refractivity contribution in [2.75, 3.05) is 16.8 Å². The number of pyridine rings is 1. The van der Waals surface area contributed by atoms with E-state index in [0.717, 1.165) is 16.1 Å². The molecule has 0 amide bonds. The van der Waals surface area contributed by atoms with Crippen molar-refractivity contribution in [2.24, 2.45) is 0 Å². The molecule has 0 bridgehead atoms. The van der Waals surface area contributed by atoms with Gasteiger partial charge in [0.25, 0.3) is 0 Å². The highest BCUT2D eigenvalue weighted by molar-refractivity contribution is 9.10. The maximum Gasteiger partial charge on any atom is 0.243 e. The lowest BCUT2D eigenvalue weighted by molar-refractivity contribution is 0.659. The molecule has 0 atom stereocenters. The van der Waals surface area contributed by atoms with Crippen molar-refractivity contribution in [1.29, 1.82) is 0 Å². The van der Waals surface area contributed by atoms with Crippen molar-refractivity contribution < 1.29 is 0 Å². The van der Waals surface area contributed by atoms with Crippen LogP contribution in [-0.2, 0) is 0 Å². The Morgan fingerprint density at radius 2 is 2.24 bits per heavy atom. The van der Waals surface area contributed by atoms with E-state index in [1.54, 1.807) is 4.52 Å². The predicted octanol–water partition coefficient (Wildman–Crippen LogP) is 2.80. The van der Waals surface area contributed by atoms with Crippen molar-refractivity contribution in [1.82, 2.24) is 14.6 Å². The fourth-order valence-electron chi connectivity index (χ4n) is 1.96. The number of hydrogen-bond donors (Lipinski definition) is 1. The normalized spacial score (nSPS) is 17.5. The fraction of sp³-hybridized carbons (Fsp3) is 0.455. The summed E-state index contributed by atoms with van der Waals surface area (Å²) in [5.41, 5.74) is 0.861. The highest BCUT2D eigenvalue weighted by Gasteiger charge is 2.15. The largest absolute Gasteiger partial charge is 0.350 e. The van der Waals surface area contributed by atoms with E-state index in [1.165, 1.54) is 24.3 Å². The van der Waals surface area contributed by atoms with Crippen LogP contribution in [0, 0.1) is 0 Å². The molecule has 17 heavy (non-hydrogen) atoms. The third-order valence-electron chi connectivity index (χ3n) is 2.87. The number of rotatable bonds is 2. The van der Waals surface area contributed by atoms with Gasteiger partial charge in [-0.3, -0.25) is 0 Å². The summed E-state index contributed by atoms with van der Waals surface area (Å²) in [5.74, 6) is 3.19. The molecule has 3 heterocycles. The van der Waals surface area contributed by atoms with Gasteiger partial charge in [-0.05, 0) is 52.4 Å². The molecule has 4 nitrogen and oxygen atoms in total. The monoisotopic (exact) mass is 312 g/mol. The molecule has 1 aliphatic rings. The molecule has 3 rings (SSSR count). The minimum atomic E-state index is 0.521. The van der Waals surface area contributed by atoms with Crippen molar-refractivity contribution in [3.05, 3.63) is 22.8 Å². The van der Waals surface area contributed by atoms with Crippen LogP contribution in [0.1, 0.15) is 12.8 Å². The van der Waals surface area contributed by atoms with Gasteiger partial charge in [0, 0.05) is 12.2 Å². The lowest BCUT2D eigenvalue weighted by Gasteiger charge is -2.21. The molecule has 1 saturated heterocycles. The highest BCUT2D eigenvalue weighted by Crippen LogP contribution is 2.21. The molecule has 2 aromatic rings. The summed E-state index contributed by atoms with van der Waals surface area (Å²) in [5, 5.41) is 7.85. The molecule has 1 aliphatic heterocycles. The first-order chi connectivity index (χ1) is 8.33. The van der Waals surface area contributed by atoms with Gasteiger partial charge in [-0.2, -0.15) is 16.7 Å². The van der Waals surface area contributed by atoms with Crippen LogP contribution in [0.5, 0.6) is 0 Å². The van der Waals surface area contributed by atoms with E-state index in [4.69, 9.17) is 0 Å². The summed E-state index contributed by atoms with van der Waals surface area (Å²) in [6.07, 6.45) is 4.30. The zero-order valence-electron chi connectivity index (χ0n) is 9.27. The Bertz CT molecular complexity index is 521. The number of aromatic nitrogens is 3. The molecule has 0 aromatic carbocycles. The number of thioether (sulfide) groups is 1. The average Bonchev–Trinajstić information content (AvgIpc) is 2.74. The van der Waals surface area contributed by atoms with Gasteiger partial charge in [0.05, 0.1) is 4.47 Å². The molecule has 1 fully saturated rings. The maximum atomic E-state index is 4.49. The van der Waals surface area contributed by atoms with Gasteiger partial charge >= 0.3 is 0 Å². The first-order valence-electron chi connectivity index (χ1n) is 5.68. The molecule has 1 N–H and O–H groups in total. The Balaban J connectivity index is 1.83. The Morgan fingerprint density at radius 3 is 3.00 bits per heavy atom. The summed E-state index contributed by atoms with van der Waals surface area (Å²) in [6, 6.07) is 4.45. The smallest absolute Gasteiger partial charge is 0.243 e. The average molecular weight is 313 g/mol. The van der Waals surface area contributed by atoms with Crippen LogP contribution in [0.4, 0.5) is 5.95 Å².